The van der Waals surface area contributed by atoms with Gasteiger partial charge in [0.2, 0.25) is 0 Å². The van der Waals surface area contributed by atoms with Gasteiger partial charge in [0.1, 0.15) is 0 Å². The van der Waals surface area contributed by atoms with Gasteiger partial charge in [0.05, 0.1) is 5.60 Å². The highest BCUT2D eigenvalue weighted by Crippen LogP contribution is 2.33. The van der Waals surface area contributed by atoms with Crippen LogP contribution in [0.15, 0.2) is 0 Å². The average Bonchev–Trinajstić information content (AvgIpc) is 2.05. The quantitative estimate of drug-likeness (QED) is 0.726. The number of carbonyl (C=O) groups is 1. The zero-order chi connectivity index (χ0) is 12.6. The number of carboxylic acid groups (broad SMARTS) is 1. The molecule has 0 atom stereocenters. The van der Waals surface area contributed by atoms with Crippen molar-refractivity contribution in [3.8, 4) is 0 Å². The molecule has 0 aromatic heterocycles. The van der Waals surface area contributed by atoms with Crippen LogP contribution in [0.25, 0.3) is 0 Å². The van der Waals surface area contributed by atoms with Gasteiger partial charge in [0.25, 0.3) is 0 Å². The number of aliphatic hydroxyl groups is 1. The van der Waals surface area contributed by atoms with E-state index in [-0.39, 0.29) is 11.6 Å². The van der Waals surface area contributed by atoms with Crippen LogP contribution in [0.4, 0.5) is 4.79 Å². The van der Waals surface area contributed by atoms with Crippen molar-refractivity contribution in [2.24, 2.45) is 0 Å². The topological polar surface area (TPSA) is 60.8 Å². The third kappa shape index (κ3) is 3.11. The van der Waals surface area contributed by atoms with Crippen LogP contribution in [0.2, 0.25) is 0 Å². The Kier molecular flexibility index (Phi) is 3.53. The Morgan fingerprint density at radius 1 is 1.31 bits per heavy atom. The largest absolute Gasteiger partial charge is 0.465 e. The first-order valence-corrected chi connectivity index (χ1v) is 5.88. The summed E-state index contributed by atoms with van der Waals surface area (Å²) in [5.41, 5.74) is -0.988. The summed E-state index contributed by atoms with van der Waals surface area (Å²) in [4.78, 5) is 12.8. The molecule has 1 rings (SSSR count). The van der Waals surface area contributed by atoms with Gasteiger partial charge in [0.15, 0.2) is 0 Å². The van der Waals surface area contributed by atoms with Crippen molar-refractivity contribution in [1.29, 1.82) is 0 Å². The minimum absolute atomic E-state index is 0.0396. The van der Waals surface area contributed by atoms with Gasteiger partial charge in [0, 0.05) is 11.6 Å². The molecule has 0 aromatic carbocycles. The monoisotopic (exact) mass is 229 g/mol. The van der Waals surface area contributed by atoms with E-state index < -0.39 is 11.7 Å². The fraction of sp³-hybridized carbons (Fsp3) is 0.917. The van der Waals surface area contributed by atoms with Gasteiger partial charge < -0.3 is 15.1 Å². The molecule has 4 nitrogen and oxygen atoms in total. The summed E-state index contributed by atoms with van der Waals surface area (Å²) in [5, 5.41) is 19.1. The fourth-order valence-corrected chi connectivity index (χ4v) is 2.47. The van der Waals surface area contributed by atoms with Crippen molar-refractivity contribution in [1.82, 2.24) is 4.90 Å². The standard InChI is InChI=1S/C12H23NO3/c1-11(2,3)13(10(14)15)9-5-7-12(4,16)8-6-9/h9,16H,5-8H2,1-4H3,(H,14,15). The van der Waals surface area contributed by atoms with Crippen LogP contribution >= 0.6 is 0 Å². The van der Waals surface area contributed by atoms with Crippen molar-refractivity contribution in [3.05, 3.63) is 0 Å². The predicted octanol–water partition coefficient (Wildman–Crippen LogP) is 2.46. The van der Waals surface area contributed by atoms with E-state index in [2.05, 4.69) is 0 Å². The Morgan fingerprint density at radius 2 is 1.75 bits per heavy atom. The molecule has 1 aliphatic rings. The van der Waals surface area contributed by atoms with Gasteiger partial charge in [-0.3, -0.25) is 0 Å². The Morgan fingerprint density at radius 3 is 2.06 bits per heavy atom. The molecule has 16 heavy (non-hydrogen) atoms. The Labute approximate surface area is 97.3 Å². The Bertz CT molecular complexity index is 258. The third-order valence-electron chi connectivity index (χ3n) is 3.33. The maximum atomic E-state index is 11.3. The first-order valence-electron chi connectivity index (χ1n) is 5.88. The molecule has 0 aliphatic heterocycles. The van der Waals surface area contributed by atoms with E-state index in [1.807, 2.05) is 27.7 Å². The second-order valence-corrected chi connectivity index (χ2v) is 6.05. The molecule has 0 bridgehead atoms. The minimum atomic E-state index is -0.862. The number of hydrogen-bond acceptors (Lipinski definition) is 2. The predicted molar refractivity (Wildman–Crippen MR) is 62.5 cm³/mol. The SMILES string of the molecule is CC1(O)CCC(N(C(=O)O)C(C)(C)C)CC1. The Hall–Kier alpha value is -0.770. The summed E-state index contributed by atoms with van der Waals surface area (Å²) in [7, 11) is 0. The molecule has 2 N–H and O–H groups in total. The van der Waals surface area contributed by atoms with Crippen LogP contribution < -0.4 is 0 Å². The van der Waals surface area contributed by atoms with E-state index in [1.165, 1.54) is 4.90 Å². The Balaban J connectivity index is 2.73. The first kappa shape index (κ1) is 13.3. The average molecular weight is 229 g/mol. The normalized spacial score (nSPS) is 31.2. The molecule has 1 fully saturated rings. The van der Waals surface area contributed by atoms with E-state index in [0.717, 1.165) is 12.8 Å². The van der Waals surface area contributed by atoms with Gasteiger partial charge in [-0.2, -0.15) is 0 Å². The molecule has 0 aromatic rings. The molecule has 0 heterocycles. The fourth-order valence-electron chi connectivity index (χ4n) is 2.47. The van der Waals surface area contributed by atoms with E-state index >= 15 is 0 Å². The van der Waals surface area contributed by atoms with Gasteiger partial charge >= 0.3 is 6.09 Å². The van der Waals surface area contributed by atoms with Crippen LogP contribution in [0.1, 0.15) is 53.4 Å². The van der Waals surface area contributed by atoms with E-state index in [4.69, 9.17) is 0 Å². The van der Waals surface area contributed by atoms with Crippen molar-refractivity contribution >= 4 is 6.09 Å². The van der Waals surface area contributed by atoms with Crippen molar-refractivity contribution in [2.45, 2.75) is 70.6 Å². The molecule has 0 radical (unpaired) electrons. The summed E-state index contributed by atoms with van der Waals surface area (Å²) in [6, 6.07) is 0.0396. The molecule has 94 valence electrons. The number of amides is 1. The third-order valence-corrected chi connectivity index (χ3v) is 3.33. The lowest BCUT2D eigenvalue weighted by molar-refractivity contribution is -0.0183. The molecular formula is C12H23NO3. The zero-order valence-electron chi connectivity index (χ0n) is 10.7. The maximum absolute atomic E-state index is 11.3. The van der Waals surface area contributed by atoms with Crippen LogP contribution in [0.3, 0.4) is 0 Å². The van der Waals surface area contributed by atoms with Gasteiger partial charge in [-0.25, -0.2) is 4.79 Å². The maximum Gasteiger partial charge on any atom is 0.407 e. The number of hydrogen-bond donors (Lipinski definition) is 2. The zero-order valence-corrected chi connectivity index (χ0v) is 10.7. The van der Waals surface area contributed by atoms with E-state index in [0.29, 0.717) is 12.8 Å². The molecule has 0 saturated heterocycles. The number of nitrogens with zero attached hydrogens (tertiary/aromatic N) is 1. The summed E-state index contributed by atoms with van der Waals surface area (Å²) in [6.07, 6.45) is 1.99. The molecular weight excluding hydrogens is 206 g/mol. The van der Waals surface area contributed by atoms with Crippen LogP contribution in [-0.4, -0.2) is 38.4 Å². The highest BCUT2D eigenvalue weighted by Gasteiger charge is 2.38. The summed E-state index contributed by atoms with van der Waals surface area (Å²) >= 11 is 0. The highest BCUT2D eigenvalue weighted by atomic mass is 16.4. The van der Waals surface area contributed by atoms with Crippen molar-refractivity contribution < 1.29 is 15.0 Å². The summed E-state index contributed by atoms with van der Waals surface area (Å²) in [6.45, 7) is 7.56. The minimum Gasteiger partial charge on any atom is -0.465 e. The van der Waals surface area contributed by atoms with E-state index in [1.54, 1.807) is 0 Å². The number of rotatable bonds is 1. The molecule has 1 amide bonds. The molecule has 1 aliphatic carbocycles. The summed E-state index contributed by atoms with van der Waals surface area (Å²) < 4.78 is 0. The highest BCUT2D eigenvalue weighted by molar-refractivity contribution is 5.66. The van der Waals surface area contributed by atoms with Crippen LogP contribution in [0.5, 0.6) is 0 Å². The lowest BCUT2D eigenvalue weighted by Crippen LogP contribution is -2.53. The lowest BCUT2D eigenvalue weighted by atomic mass is 9.82. The first-order chi connectivity index (χ1) is 7.13. The molecule has 1 saturated carbocycles. The molecule has 0 unspecified atom stereocenters. The van der Waals surface area contributed by atoms with Gasteiger partial charge in [-0.1, -0.05) is 0 Å². The van der Waals surface area contributed by atoms with Crippen molar-refractivity contribution in [3.63, 3.8) is 0 Å². The van der Waals surface area contributed by atoms with Gasteiger partial charge in [-0.05, 0) is 53.4 Å². The van der Waals surface area contributed by atoms with Crippen LogP contribution in [-0.2, 0) is 0 Å². The van der Waals surface area contributed by atoms with Gasteiger partial charge in [-0.15, -0.1) is 0 Å². The lowest BCUT2D eigenvalue weighted by Gasteiger charge is -2.44. The molecule has 0 spiro atoms. The summed E-state index contributed by atoms with van der Waals surface area (Å²) in [5.74, 6) is 0. The molecule has 4 heteroatoms. The van der Waals surface area contributed by atoms with E-state index in [9.17, 15) is 15.0 Å². The van der Waals surface area contributed by atoms with Crippen LogP contribution in [0, 0.1) is 0 Å². The smallest absolute Gasteiger partial charge is 0.407 e. The second kappa shape index (κ2) is 4.24. The second-order valence-electron chi connectivity index (χ2n) is 6.05. The van der Waals surface area contributed by atoms with Crippen molar-refractivity contribution in [2.75, 3.05) is 0 Å².